The van der Waals surface area contributed by atoms with E-state index in [9.17, 15) is 9.90 Å². The Morgan fingerprint density at radius 3 is 2.21 bits per heavy atom. The summed E-state index contributed by atoms with van der Waals surface area (Å²) < 4.78 is 13.3. The third-order valence-corrected chi connectivity index (χ3v) is 6.60. The van der Waals surface area contributed by atoms with Crippen molar-refractivity contribution in [2.75, 3.05) is 7.11 Å². The quantitative estimate of drug-likeness (QED) is 0.301. The van der Waals surface area contributed by atoms with Crippen molar-refractivity contribution in [3.63, 3.8) is 0 Å². The van der Waals surface area contributed by atoms with E-state index in [2.05, 4.69) is 52.6 Å². The van der Waals surface area contributed by atoms with Gasteiger partial charge in [-0.15, -0.1) is 0 Å². The van der Waals surface area contributed by atoms with E-state index in [-0.39, 0.29) is 11.8 Å². The first-order chi connectivity index (χ1) is 15.9. The van der Waals surface area contributed by atoms with Gasteiger partial charge in [-0.25, -0.2) is 0 Å². The topological polar surface area (TPSA) is 76.0 Å². The van der Waals surface area contributed by atoms with E-state index >= 15 is 0 Å². The van der Waals surface area contributed by atoms with Crippen molar-refractivity contribution >= 4 is 37.8 Å². The molecule has 0 spiro atoms. The van der Waals surface area contributed by atoms with Gasteiger partial charge in [-0.1, -0.05) is 50.6 Å². The van der Waals surface area contributed by atoms with E-state index in [1.54, 1.807) is 19.2 Å². The van der Waals surface area contributed by atoms with Crippen LogP contribution in [-0.2, 0) is 16.6 Å². The lowest BCUT2D eigenvalue weighted by Crippen LogP contribution is -2.14. The van der Waals surface area contributed by atoms with Gasteiger partial charge in [0.1, 0.15) is 17.6 Å². The minimum Gasteiger partial charge on any atom is -0.496 e. The van der Waals surface area contributed by atoms with Crippen molar-refractivity contribution in [1.29, 1.82) is 0 Å². The molecule has 0 amide bonds. The van der Waals surface area contributed by atoms with E-state index in [0.717, 1.165) is 16.7 Å². The molecule has 0 aromatic heterocycles. The van der Waals surface area contributed by atoms with E-state index in [1.165, 1.54) is 0 Å². The van der Waals surface area contributed by atoms with Crippen LogP contribution < -0.4 is 9.47 Å². The lowest BCUT2D eigenvalue weighted by atomic mass is 9.84. The Balaban J connectivity index is 2.17. The number of aliphatic carboxylic acids is 1. The predicted octanol–water partition coefficient (Wildman–Crippen LogP) is 7.33. The number of carbonyl (C=O) groups is 1. The summed E-state index contributed by atoms with van der Waals surface area (Å²) in [6.07, 6.45) is -1.05. The molecular formula is C27H28Br2O5. The molecule has 2 N–H and O–H groups in total. The number of aryl methyl sites for hydroxylation is 1. The van der Waals surface area contributed by atoms with Gasteiger partial charge in [0, 0.05) is 11.1 Å². The molecule has 0 aliphatic heterocycles. The van der Waals surface area contributed by atoms with Crippen LogP contribution >= 0.6 is 31.9 Å². The van der Waals surface area contributed by atoms with E-state index in [1.807, 2.05) is 43.3 Å². The Kier molecular flexibility index (Phi) is 8.11. The normalized spacial score (nSPS) is 12.4. The molecule has 1 atom stereocenters. The number of aliphatic hydroxyl groups is 1. The summed E-state index contributed by atoms with van der Waals surface area (Å²) in [5.41, 5.74) is 3.66. The number of methoxy groups -OCH3 is 1. The van der Waals surface area contributed by atoms with Crippen LogP contribution in [0.1, 0.15) is 54.7 Å². The largest absolute Gasteiger partial charge is 0.496 e. The summed E-state index contributed by atoms with van der Waals surface area (Å²) in [7, 11) is 1.61. The fourth-order valence-electron chi connectivity index (χ4n) is 3.75. The Labute approximate surface area is 217 Å². The monoisotopic (exact) mass is 590 g/mol. The van der Waals surface area contributed by atoms with Gasteiger partial charge in [0.25, 0.3) is 0 Å². The molecule has 3 rings (SSSR count). The second-order valence-corrected chi connectivity index (χ2v) is 10.9. The minimum absolute atomic E-state index is 0.106. The lowest BCUT2D eigenvalue weighted by Gasteiger charge is -2.26. The van der Waals surface area contributed by atoms with Gasteiger partial charge >= 0.3 is 5.97 Å². The molecule has 34 heavy (non-hydrogen) atoms. The highest BCUT2D eigenvalue weighted by atomic mass is 79.9. The van der Waals surface area contributed by atoms with Crippen LogP contribution in [0, 0.1) is 6.92 Å². The van der Waals surface area contributed by atoms with E-state index in [4.69, 9.17) is 14.6 Å². The number of hydrogen-bond acceptors (Lipinski definition) is 4. The molecule has 3 aromatic carbocycles. The second-order valence-electron chi connectivity index (χ2n) is 9.22. The molecule has 0 aliphatic rings. The third kappa shape index (κ3) is 6.01. The molecule has 0 fully saturated rings. The second kappa shape index (κ2) is 10.5. The minimum atomic E-state index is -0.943. The highest BCUT2D eigenvalue weighted by Gasteiger charge is 2.26. The molecule has 0 saturated heterocycles. The van der Waals surface area contributed by atoms with E-state index < -0.39 is 12.1 Å². The molecule has 7 heteroatoms. The van der Waals surface area contributed by atoms with Crippen LogP contribution in [0.5, 0.6) is 17.2 Å². The van der Waals surface area contributed by atoms with Gasteiger partial charge in [-0.05, 0) is 79.6 Å². The summed E-state index contributed by atoms with van der Waals surface area (Å²) in [4.78, 5) is 11.1. The molecule has 1 unspecified atom stereocenters. The maximum Gasteiger partial charge on any atom is 0.307 e. The summed E-state index contributed by atoms with van der Waals surface area (Å²) in [5, 5.41) is 20.5. The zero-order valence-electron chi connectivity index (χ0n) is 19.8. The van der Waals surface area contributed by atoms with Crippen molar-refractivity contribution in [2.24, 2.45) is 0 Å². The zero-order chi connectivity index (χ0) is 25.2. The van der Waals surface area contributed by atoms with Gasteiger partial charge < -0.3 is 19.7 Å². The number of rotatable bonds is 7. The summed E-state index contributed by atoms with van der Waals surface area (Å²) in [6.45, 7) is 8.22. The summed E-state index contributed by atoms with van der Waals surface area (Å²) in [6, 6.07) is 14.9. The molecule has 0 aliphatic carbocycles. The van der Waals surface area contributed by atoms with Crippen LogP contribution in [0.4, 0.5) is 0 Å². The van der Waals surface area contributed by atoms with Crippen molar-refractivity contribution in [3.8, 4) is 17.2 Å². The molecule has 180 valence electrons. The maximum absolute atomic E-state index is 11.3. The average molecular weight is 592 g/mol. The molecule has 0 radical (unpaired) electrons. The van der Waals surface area contributed by atoms with Crippen LogP contribution in [0.3, 0.4) is 0 Å². The first kappa shape index (κ1) is 26.3. The van der Waals surface area contributed by atoms with Crippen molar-refractivity contribution in [1.82, 2.24) is 0 Å². The highest BCUT2D eigenvalue weighted by molar-refractivity contribution is 9.11. The standard InChI is InChI=1S/C27H28Br2O5/c1-15-7-6-8-17(9-15)25(32)18-13-23(33-5)19(27(2,3)4)14-22(18)34-26-20(28)10-16(11-21(26)29)12-24(30)31/h6-11,13-14,25,32H,12H2,1-5H3,(H,30,31). The smallest absolute Gasteiger partial charge is 0.307 e. The highest BCUT2D eigenvalue weighted by Crippen LogP contribution is 2.45. The molecule has 0 heterocycles. The average Bonchev–Trinajstić information content (AvgIpc) is 2.74. The molecular weight excluding hydrogens is 564 g/mol. The van der Waals surface area contributed by atoms with Crippen LogP contribution in [0.15, 0.2) is 57.5 Å². The van der Waals surface area contributed by atoms with Crippen LogP contribution in [-0.4, -0.2) is 23.3 Å². The molecule has 0 bridgehead atoms. The Morgan fingerprint density at radius 2 is 1.68 bits per heavy atom. The number of carboxylic acid groups (broad SMARTS) is 1. The third-order valence-electron chi connectivity index (χ3n) is 5.42. The SMILES string of the molecule is COc1cc(C(O)c2cccc(C)c2)c(Oc2c(Br)cc(CC(=O)O)cc2Br)cc1C(C)(C)C. The van der Waals surface area contributed by atoms with Crippen LogP contribution in [0.2, 0.25) is 0 Å². The van der Waals surface area contributed by atoms with Gasteiger partial charge in [-0.2, -0.15) is 0 Å². The molecule has 0 saturated carbocycles. The van der Waals surface area contributed by atoms with Crippen molar-refractivity contribution < 1.29 is 24.5 Å². The Bertz CT molecular complexity index is 1190. The summed E-state index contributed by atoms with van der Waals surface area (Å²) >= 11 is 7.02. The number of ether oxygens (including phenoxy) is 2. The number of halogens is 2. The van der Waals surface area contributed by atoms with Crippen LogP contribution in [0.25, 0.3) is 0 Å². The van der Waals surface area contributed by atoms with Gasteiger partial charge in [0.2, 0.25) is 0 Å². The van der Waals surface area contributed by atoms with Gasteiger partial charge in [-0.3, -0.25) is 4.79 Å². The van der Waals surface area contributed by atoms with Crippen molar-refractivity contribution in [2.45, 2.75) is 45.6 Å². The van der Waals surface area contributed by atoms with Crippen molar-refractivity contribution in [3.05, 3.63) is 85.3 Å². The fourth-order valence-corrected chi connectivity index (χ4v) is 5.19. The van der Waals surface area contributed by atoms with Gasteiger partial charge in [0.15, 0.2) is 5.75 Å². The number of carboxylic acids is 1. The Hall–Kier alpha value is -2.35. The zero-order valence-corrected chi connectivity index (χ0v) is 23.0. The number of benzene rings is 3. The summed E-state index contributed by atoms with van der Waals surface area (Å²) in [5.74, 6) is 0.710. The number of aliphatic hydroxyl groups excluding tert-OH is 1. The van der Waals surface area contributed by atoms with Gasteiger partial charge in [0.05, 0.1) is 22.5 Å². The first-order valence-electron chi connectivity index (χ1n) is 10.7. The Morgan fingerprint density at radius 1 is 1.03 bits per heavy atom. The fraction of sp³-hybridized carbons (Fsp3) is 0.296. The van der Waals surface area contributed by atoms with E-state index in [0.29, 0.717) is 37.3 Å². The lowest BCUT2D eigenvalue weighted by molar-refractivity contribution is -0.136. The molecule has 3 aromatic rings. The number of hydrogen-bond donors (Lipinski definition) is 2. The first-order valence-corrected chi connectivity index (χ1v) is 12.3. The predicted molar refractivity (Wildman–Crippen MR) is 140 cm³/mol. The maximum atomic E-state index is 11.3. The molecule has 5 nitrogen and oxygen atoms in total.